The Balaban J connectivity index is 2.08. The van der Waals surface area contributed by atoms with E-state index in [0.717, 1.165) is 10.2 Å². The van der Waals surface area contributed by atoms with Crippen molar-refractivity contribution in [1.82, 2.24) is 28.8 Å². The Morgan fingerprint density at radius 1 is 1.26 bits per heavy atom. The van der Waals surface area contributed by atoms with Crippen LogP contribution in [0.2, 0.25) is 0 Å². The van der Waals surface area contributed by atoms with Crippen molar-refractivity contribution in [3.63, 3.8) is 0 Å². The van der Waals surface area contributed by atoms with Gasteiger partial charge >= 0.3 is 6.18 Å². The molecule has 140 valence electrons. The van der Waals surface area contributed by atoms with Gasteiger partial charge in [0.05, 0.1) is 19.1 Å². The number of imidazole rings is 1. The first-order valence-electron chi connectivity index (χ1n) is 7.37. The van der Waals surface area contributed by atoms with Gasteiger partial charge in [-0.2, -0.15) is 18.3 Å². The zero-order valence-corrected chi connectivity index (χ0v) is 14.2. The molecule has 27 heavy (non-hydrogen) atoms. The molecule has 1 aromatic carbocycles. The number of methoxy groups -OCH3 is 1. The topological polar surface area (TPSA) is 73.6 Å². The highest BCUT2D eigenvalue weighted by Crippen LogP contribution is 2.39. The van der Waals surface area contributed by atoms with Gasteiger partial charge in [0.15, 0.2) is 5.82 Å². The fraction of sp³-hybridized carbons (Fsp3) is 0.133. The van der Waals surface area contributed by atoms with Crippen molar-refractivity contribution in [1.29, 1.82) is 0 Å². The average molecular weight is 401 g/mol. The first-order valence-corrected chi connectivity index (χ1v) is 7.71. The van der Waals surface area contributed by atoms with Crippen LogP contribution in [0, 0.1) is 5.82 Å². The van der Waals surface area contributed by atoms with Crippen LogP contribution in [0.5, 0.6) is 5.75 Å². The fourth-order valence-corrected chi connectivity index (χ4v) is 3.07. The standard InChI is InChI=1S/C15H9ClF4N6O/c1-27-7-4-8-10(9(17)5-7)26(16)12(11(8)25-3-2-21-6-25)13-22-14(24-23-13)15(18,19)20/h2-6H,1H3,(H,22,23,24). The summed E-state index contributed by atoms with van der Waals surface area (Å²) in [6, 6.07) is 2.62. The summed E-state index contributed by atoms with van der Waals surface area (Å²) < 4.78 is 60.7. The van der Waals surface area contributed by atoms with Crippen molar-refractivity contribution in [3.8, 4) is 23.0 Å². The van der Waals surface area contributed by atoms with E-state index in [9.17, 15) is 17.6 Å². The molecule has 0 bridgehead atoms. The maximum atomic E-state index is 14.6. The third kappa shape index (κ3) is 2.70. The molecule has 0 spiro atoms. The van der Waals surface area contributed by atoms with E-state index in [4.69, 9.17) is 16.5 Å². The number of nitrogens with zero attached hydrogens (tertiary/aromatic N) is 5. The number of hydrogen-bond acceptors (Lipinski definition) is 4. The molecule has 4 rings (SSSR count). The van der Waals surface area contributed by atoms with Crippen LogP contribution in [-0.2, 0) is 6.18 Å². The number of nitrogens with one attached hydrogen (secondary N) is 1. The molecule has 1 N–H and O–H groups in total. The van der Waals surface area contributed by atoms with Crippen LogP contribution >= 0.6 is 11.8 Å². The predicted molar refractivity (Wildman–Crippen MR) is 87.2 cm³/mol. The summed E-state index contributed by atoms with van der Waals surface area (Å²) in [7, 11) is 1.36. The van der Waals surface area contributed by atoms with Crippen LogP contribution in [0.4, 0.5) is 17.6 Å². The van der Waals surface area contributed by atoms with Crippen molar-refractivity contribution in [2.45, 2.75) is 6.18 Å². The summed E-state index contributed by atoms with van der Waals surface area (Å²) in [5.41, 5.74) is 0.154. The van der Waals surface area contributed by atoms with Gasteiger partial charge in [0.2, 0.25) is 11.6 Å². The van der Waals surface area contributed by atoms with Gasteiger partial charge in [-0.05, 0) is 6.07 Å². The molecule has 3 aromatic heterocycles. The van der Waals surface area contributed by atoms with Gasteiger partial charge in [-0.1, -0.05) is 0 Å². The molecule has 0 aliphatic carbocycles. The first kappa shape index (κ1) is 17.3. The molecular formula is C15H9ClF4N6O. The molecule has 0 aliphatic rings. The van der Waals surface area contributed by atoms with Crippen molar-refractivity contribution in [2.24, 2.45) is 0 Å². The summed E-state index contributed by atoms with van der Waals surface area (Å²) in [6.45, 7) is 0. The van der Waals surface area contributed by atoms with Crippen molar-refractivity contribution in [3.05, 3.63) is 42.5 Å². The van der Waals surface area contributed by atoms with E-state index in [1.54, 1.807) is 0 Å². The molecule has 0 radical (unpaired) electrons. The normalized spacial score (nSPS) is 12.1. The average Bonchev–Trinajstić information content (AvgIpc) is 3.32. The van der Waals surface area contributed by atoms with Gasteiger partial charge < -0.3 is 9.30 Å². The second-order valence-electron chi connectivity index (χ2n) is 5.46. The van der Waals surface area contributed by atoms with Crippen LogP contribution in [0.1, 0.15) is 5.82 Å². The monoisotopic (exact) mass is 400 g/mol. The number of alkyl halides is 3. The lowest BCUT2D eigenvalue weighted by Gasteiger charge is -2.04. The zero-order chi connectivity index (χ0) is 19.3. The summed E-state index contributed by atoms with van der Waals surface area (Å²) in [5, 5.41) is 5.71. The SMILES string of the molecule is COc1cc(F)c2c(c1)c(-n1ccnc1)c(-c1n[nH]c(C(F)(F)F)n1)n2Cl. The second-order valence-corrected chi connectivity index (χ2v) is 5.80. The summed E-state index contributed by atoms with van der Waals surface area (Å²) in [6.07, 6.45) is -0.345. The highest BCUT2D eigenvalue weighted by molar-refractivity contribution is 6.23. The number of H-pyrrole nitrogens is 1. The van der Waals surface area contributed by atoms with E-state index in [0.29, 0.717) is 0 Å². The minimum absolute atomic E-state index is 0.0384. The molecule has 0 saturated heterocycles. The molecular weight excluding hydrogens is 392 g/mol. The van der Waals surface area contributed by atoms with Gasteiger partial charge in [-0.15, -0.1) is 0 Å². The molecule has 4 aromatic rings. The molecule has 0 atom stereocenters. The third-order valence-corrected chi connectivity index (χ3v) is 4.21. The number of fused-ring (bicyclic) bond motifs is 1. The Bertz CT molecular complexity index is 1130. The van der Waals surface area contributed by atoms with Crippen LogP contribution in [0.25, 0.3) is 28.1 Å². The summed E-state index contributed by atoms with van der Waals surface area (Å²) >= 11 is 6.27. The molecule has 7 nitrogen and oxygen atoms in total. The summed E-state index contributed by atoms with van der Waals surface area (Å²) in [5.74, 6) is -2.16. The van der Waals surface area contributed by atoms with Gasteiger partial charge in [0.1, 0.15) is 17.0 Å². The highest BCUT2D eigenvalue weighted by Gasteiger charge is 2.36. The minimum atomic E-state index is -4.72. The lowest BCUT2D eigenvalue weighted by Crippen LogP contribution is -2.07. The van der Waals surface area contributed by atoms with Crippen LogP contribution in [-0.4, -0.2) is 35.9 Å². The van der Waals surface area contributed by atoms with Crippen molar-refractivity contribution >= 4 is 22.7 Å². The Hall–Kier alpha value is -3.08. The second kappa shape index (κ2) is 5.98. The maximum Gasteiger partial charge on any atom is 0.451 e. The predicted octanol–water partition coefficient (Wildman–Crippen LogP) is 3.78. The fourth-order valence-electron chi connectivity index (χ4n) is 2.75. The Kier molecular flexibility index (Phi) is 3.84. The van der Waals surface area contributed by atoms with Gasteiger partial charge in [0, 0.05) is 35.6 Å². The number of rotatable bonds is 3. The van der Waals surface area contributed by atoms with Crippen LogP contribution < -0.4 is 4.74 Å². The molecule has 0 amide bonds. The van der Waals surface area contributed by atoms with E-state index in [1.165, 1.54) is 36.5 Å². The Morgan fingerprint density at radius 2 is 2.04 bits per heavy atom. The zero-order valence-electron chi connectivity index (χ0n) is 13.4. The number of aromatic nitrogens is 6. The number of ether oxygens (including phenoxy) is 1. The smallest absolute Gasteiger partial charge is 0.451 e. The largest absolute Gasteiger partial charge is 0.497 e. The van der Waals surface area contributed by atoms with Crippen molar-refractivity contribution < 1.29 is 22.3 Å². The first-order chi connectivity index (χ1) is 12.8. The lowest BCUT2D eigenvalue weighted by molar-refractivity contribution is -0.144. The van der Waals surface area contributed by atoms with E-state index in [1.807, 2.05) is 5.10 Å². The van der Waals surface area contributed by atoms with Crippen LogP contribution in [0.3, 0.4) is 0 Å². The van der Waals surface area contributed by atoms with Gasteiger partial charge in [-0.3, -0.25) is 5.10 Å². The molecule has 3 heterocycles. The van der Waals surface area contributed by atoms with Gasteiger partial charge in [-0.25, -0.2) is 18.4 Å². The Morgan fingerprint density at radius 3 is 2.63 bits per heavy atom. The van der Waals surface area contributed by atoms with Crippen LogP contribution in [0.15, 0.2) is 30.9 Å². The quantitative estimate of drug-likeness (QED) is 0.531. The molecule has 0 aliphatic heterocycles. The molecule has 12 heteroatoms. The number of benzene rings is 1. The number of halogens is 5. The minimum Gasteiger partial charge on any atom is -0.497 e. The number of aromatic amines is 1. The molecule has 0 saturated carbocycles. The Labute approximate surface area is 153 Å². The van der Waals surface area contributed by atoms with Crippen molar-refractivity contribution in [2.75, 3.05) is 7.11 Å². The third-order valence-electron chi connectivity index (χ3n) is 3.87. The molecule has 0 unspecified atom stereocenters. The molecule has 0 fully saturated rings. The highest BCUT2D eigenvalue weighted by atomic mass is 35.5. The van der Waals surface area contributed by atoms with E-state index < -0.39 is 17.8 Å². The number of hydrogen-bond donors (Lipinski definition) is 1. The summed E-state index contributed by atoms with van der Waals surface area (Å²) in [4.78, 5) is 7.38. The van der Waals surface area contributed by atoms with E-state index in [-0.39, 0.29) is 33.9 Å². The van der Waals surface area contributed by atoms with Gasteiger partial charge in [0.25, 0.3) is 0 Å². The van der Waals surface area contributed by atoms with E-state index >= 15 is 0 Å². The van der Waals surface area contributed by atoms with E-state index in [2.05, 4.69) is 15.1 Å². The lowest BCUT2D eigenvalue weighted by atomic mass is 10.2. The maximum absolute atomic E-state index is 14.6.